The van der Waals surface area contributed by atoms with Crippen LogP contribution in [0.25, 0.3) is 0 Å². The summed E-state index contributed by atoms with van der Waals surface area (Å²) in [7, 11) is 0. The van der Waals surface area contributed by atoms with E-state index < -0.39 is 34.9 Å². The van der Waals surface area contributed by atoms with Gasteiger partial charge in [0.05, 0.1) is 5.56 Å². The van der Waals surface area contributed by atoms with Gasteiger partial charge in [0.25, 0.3) is 5.91 Å². The van der Waals surface area contributed by atoms with Crippen molar-refractivity contribution in [3.63, 3.8) is 0 Å². The summed E-state index contributed by atoms with van der Waals surface area (Å²) in [5, 5.41) is 0. The maximum absolute atomic E-state index is 13.7. The number of carbonyl (C=O) groups excluding carboxylic acids is 1. The molecule has 2 aromatic rings. The van der Waals surface area contributed by atoms with E-state index in [0.717, 1.165) is 24.3 Å². The second kappa shape index (κ2) is 5.65. The Hall–Kier alpha value is -2.22. The Balaban J connectivity index is 2.49. The first-order chi connectivity index (χ1) is 9.79. The molecule has 0 saturated heterocycles. The second-order valence-corrected chi connectivity index (χ2v) is 4.95. The first kappa shape index (κ1) is 15.2. The number of benzene rings is 2. The molecule has 0 unspecified atom stereocenters. The Kier molecular flexibility index (Phi) is 4.08. The molecule has 21 heavy (non-hydrogen) atoms. The molecular weight excluding hydrogens is 353 g/mol. The normalized spacial score (nSPS) is 10.5. The van der Waals surface area contributed by atoms with Gasteiger partial charge in [-0.3, -0.25) is 4.79 Å². The van der Waals surface area contributed by atoms with Crippen LogP contribution in [0.1, 0.15) is 10.4 Å². The van der Waals surface area contributed by atoms with Crippen LogP contribution in [-0.4, -0.2) is 5.91 Å². The molecule has 0 aliphatic carbocycles. The van der Waals surface area contributed by atoms with Crippen molar-refractivity contribution in [3.8, 4) is 11.5 Å². The van der Waals surface area contributed by atoms with E-state index in [0.29, 0.717) is 0 Å². The Morgan fingerprint density at radius 3 is 2.33 bits per heavy atom. The lowest BCUT2D eigenvalue weighted by Gasteiger charge is -2.11. The van der Waals surface area contributed by atoms with Crippen molar-refractivity contribution in [2.75, 3.05) is 5.73 Å². The van der Waals surface area contributed by atoms with E-state index in [1.807, 2.05) is 0 Å². The number of nitrogens with two attached hydrogens (primary N) is 2. The third-order valence-electron chi connectivity index (χ3n) is 2.55. The third-order valence-corrected chi connectivity index (χ3v) is 3.01. The van der Waals surface area contributed by atoms with Crippen LogP contribution in [-0.2, 0) is 0 Å². The fourth-order valence-electron chi connectivity index (χ4n) is 1.59. The molecular formula is C13H8BrF3N2O2. The molecule has 0 aromatic heterocycles. The van der Waals surface area contributed by atoms with Gasteiger partial charge < -0.3 is 16.2 Å². The van der Waals surface area contributed by atoms with Crippen LogP contribution >= 0.6 is 15.9 Å². The zero-order chi connectivity index (χ0) is 15.7. The topological polar surface area (TPSA) is 78.3 Å². The van der Waals surface area contributed by atoms with E-state index in [9.17, 15) is 18.0 Å². The lowest BCUT2D eigenvalue weighted by Crippen LogP contribution is -2.14. The molecule has 0 aliphatic rings. The van der Waals surface area contributed by atoms with Crippen molar-refractivity contribution in [1.29, 1.82) is 0 Å². The summed E-state index contributed by atoms with van der Waals surface area (Å²) in [6, 6.07) is 3.72. The van der Waals surface area contributed by atoms with Gasteiger partial charge in [-0.05, 0) is 18.2 Å². The van der Waals surface area contributed by atoms with Crippen molar-refractivity contribution in [2.45, 2.75) is 0 Å². The summed E-state index contributed by atoms with van der Waals surface area (Å²) < 4.78 is 45.7. The highest BCUT2D eigenvalue weighted by Crippen LogP contribution is 2.32. The summed E-state index contributed by atoms with van der Waals surface area (Å²) in [4.78, 5) is 11.1. The molecule has 0 fully saturated rings. The Morgan fingerprint density at radius 1 is 1.05 bits per heavy atom. The number of ether oxygens (including phenoxy) is 1. The summed E-state index contributed by atoms with van der Waals surface area (Å²) in [5.74, 6) is -5.38. The van der Waals surface area contributed by atoms with Gasteiger partial charge in [0.2, 0.25) is 5.82 Å². The monoisotopic (exact) mass is 360 g/mol. The van der Waals surface area contributed by atoms with E-state index in [1.165, 1.54) is 0 Å². The first-order valence-corrected chi connectivity index (χ1v) is 6.30. The van der Waals surface area contributed by atoms with Crippen LogP contribution in [0.15, 0.2) is 28.7 Å². The minimum absolute atomic E-state index is 0.187. The number of halogens is 4. The van der Waals surface area contributed by atoms with E-state index >= 15 is 0 Å². The number of carbonyl (C=O) groups is 1. The van der Waals surface area contributed by atoms with Gasteiger partial charge in [-0.1, -0.05) is 15.9 Å². The Morgan fingerprint density at radius 2 is 1.71 bits per heavy atom. The van der Waals surface area contributed by atoms with Gasteiger partial charge in [0, 0.05) is 16.2 Å². The average Bonchev–Trinajstić information content (AvgIpc) is 2.37. The maximum Gasteiger partial charge on any atom is 0.250 e. The standard InChI is InChI=1S/C13H8BrF3N2O2/c14-5-1-8(16)12(17)11(2-5)21-10-3-6(13(19)20)9(18)4-7(10)15/h1-4H,18H2,(H2,19,20). The highest BCUT2D eigenvalue weighted by atomic mass is 79.9. The third kappa shape index (κ3) is 3.10. The summed E-state index contributed by atoms with van der Waals surface area (Å²) >= 11 is 2.95. The molecule has 2 aromatic carbocycles. The zero-order valence-corrected chi connectivity index (χ0v) is 11.9. The first-order valence-electron chi connectivity index (χ1n) is 5.51. The summed E-state index contributed by atoms with van der Waals surface area (Å²) in [6.45, 7) is 0. The average molecular weight is 361 g/mol. The molecule has 110 valence electrons. The molecule has 0 aliphatic heterocycles. The van der Waals surface area contributed by atoms with Gasteiger partial charge in [-0.25, -0.2) is 8.78 Å². The Bertz CT molecular complexity index is 738. The van der Waals surface area contributed by atoms with E-state index in [1.54, 1.807) is 0 Å². The number of nitrogen functional groups attached to an aromatic ring is 1. The predicted molar refractivity (Wildman–Crippen MR) is 73.5 cm³/mol. The molecule has 0 atom stereocenters. The molecule has 4 nitrogen and oxygen atoms in total. The molecule has 0 saturated carbocycles. The van der Waals surface area contributed by atoms with Crippen LogP contribution in [0.3, 0.4) is 0 Å². The quantitative estimate of drug-likeness (QED) is 0.650. The molecule has 0 radical (unpaired) electrons. The van der Waals surface area contributed by atoms with E-state index in [4.69, 9.17) is 16.2 Å². The molecule has 2 rings (SSSR count). The lowest BCUT2D eigenvalue weighted by atomic mass is 10.1. The SMILES string of the molecule is NC(=O)c1cc(Oc2cc(Br)cc(F)c2F)c(F)cc1N. The zero-order valence-electron chi connectivity index (χ0n) is 10.3. The molecule has 0 spiro atoms. The maximum atomic E-state index is 13.7. The van der Waals surface area contributed by atoms with Crippen LogP contribution in [0, 0.1) is 17.5 Å². The van der Waals surface area contributed by atoms with Crippen molar-refractivity contribution in [3.05, 3.63) is 51.8 Å². The van der Waals surface area contributed by atoms with Crippen molar-refractivity contribution < 1.29 is 22.7 Å². The van der Waals surface area contributed by atoms with Crippen molar-refractivity contribution in [1.82, 2.24) is 0 Å². The number of hydrogen-bond acceptors (Lipinski definition) is 3. The minimum atomic E-state index is -1.30. The molecule has 0 heterocycles. The summed E-state index contributed by atoms with van der Waals surface area (Å²) in [5.41, 5.74) is 10.1. The summed E-state index contributed by atoms with van der Waals surface area (Å²) in [6.07, 6.45) is 0. The smallest absolute Gasteiger partial charge is 0.250 e. The van der Waals surface area contributed by atoms with Crippen LogP contribution in [0.4, 0.5) is 18.9 Å². The molecule has 4 N–H and O–H groups in total. The van der Waals surface area contributed by atoms with Crippen LogP contribution < -0.4 is 16.2 Å². The van der Waals surface area contributed by atoms with Crippen LogP contribution in [0.5, 0.6) is 11.5 Å². The fraction of sp³-hybridized carbons (Fsp3) is 0. The Labute approximate surface area is 125 Å². The lowest BCUT2D eigenvalue weighted by molar-refractivity contribution is 0.100. The van der Waals surface area contributed by atoms with Gasteiger partial charge in [0.15, 0.2) is 23.1 Å². The number of rotatable bonds is 3. The van der Waals surface area contributed by atoms with Gasteiger partial charge in [0.1, 0.15) is 0 Å². The van der Waals surface area contributed by atoms with Gasteiger partial charge in [-0.15, -0.1) is 0 Å². The molecule has 0 bridgehead atoms. The highest BCUT2D eigenvalue weighted by molar-refractivity contribution is 9.10. The number of hydrogen-bond donors (Lipinski definition) is 2. The second-order valence-electron chi connectivity index (χ2n) is 4.04. The fourth-order valence-corrected chi connectivity index (χ4v) is 1.99. The van der Waals surface area contributed by atoms with Crippen molar-refractivity contribution in [2.24, 2.45) is 5.73 Å². The number of amides is 1. The number of primary amides is 1. The predicted octanol–water partition coefficient (Wildman–Crippen LogP) is 3.34. The minimum Gasteiger partial charge on any atom is -0.451 e. The van der Waals surface area contributed by atoms with Crippen molar-refractivity contribution >= 4 is 27.5 Å². The number of anilines is 1. The van der Waals surface area contributed by atoms with E-state index in [-0.39, 0.29) is 15.7 Å². The molecule has 8 heteroatoms. The van der Waals surface area contributed by atoms with Gasteiger partial charge >= 0.3 is 0 Å². The van der Waals surface area contributed by atoms with Crippen LogP contribution in [0.2, 0.25) is 0 Å². The van der Waals surface area contributed by atoms with E-state index in [2.05, 4.69) is 15.9 Å². The largest absolute Gasteiger partial charge is 0.451 e. The highest BCUT2D eigenvalue weighted by Gasteiger charge is 2.17. The molecule has 1 amide bonds. The van der Waals surface area contributed by atoms with Gasteiger partial charge in [-0.2, -0.15) is 4.39 Å².